The third kappa shape index (κ3) is 5.23. The first kappa shape index (κ1) is 23.0. The van der Waals surface area contributed by atoms with Gasteiger partial charge in [-0.3, -0.25) is 14.8 Å². The molecule has 1 aliphatic heterocycles. The van der Waals surface area contributed by atoms with Gasteiger partial charge in [-0.05, 0) is 79.9 Å². The Morgan fingerprint density at radius 3 is 2.83 bits per heavy atom. The predicted molar refractivity (Wildman–Crippen MR) is 138 cm³/mol. The number of hydrogen-bond acceptors (Lipinski definition) is 8. The third-order valence-corrected chi connectivity index (χ3v) is 7.44. The van der Waals surface area contributed by atoms with Crippen LogP contribution in [0.15, 0.2) is 58.7 Å². The monoisotopic (exact) mass is 504 g/mol. The van der Waals surface area contributed by atoms with Crippen LogP contribution in [0.1, 0.15) is 30.9 Å². The molecular formula is C25H28N8O2S. The van der Waals surface area contributed by atoms with Crippen molar-refractivity contribution in [1.82, 2.24) is 29.7 Å². The lowest BCUT2D eigenvalue weighted by Crippen LogP contribution is -2.31. The fraction of sp³-hybridized carbons (Fsp3) is 0.360. The number of H-pyrrole nitrogens is 1. The molecule has 3 aromatic heterocycles. The molecule has 2 fully saturated rings. The second-order valence-corrected chi connectivity index (χ2v) is 10.5. The smallest absolute Gasteiger partial charge is 0.238 e. The van der Waals surface area contributed by atoms with Crippen molar-refractivity contribution in [3.8, 4) is 0 Å². The number of rotatable bonds is 9. The second kappa shape index (κ2) is 9.92. The summed E-state index contributed by atoms with van der Waals surface area (Å²) in [6.45, 7) is 2.13. The van der Waals surface area contributed by atoms with Gasteiger partial charge in [-0.25, -0.2) is 9.50 Å². The zero-order valence-corrected chi connectivity index (χ0v) is 20.5. The lowest BCUT2D eigenvalue weighted by Gasteiger charge is -2.15. The number of carbonyl (C=O) groups is 1. The fourth-order valence-electron chi connectivity index (χ4n) is 4.50. The minimum Gasteiger partial charge on any atom is -0.396 e. The van der Waals surface area contributed by atoms with Crippen molar-refractivity contribution in [3.05, 3.63) is 54.4 Å². The molecule has 4 N–H and O–H groups in total. The van der Waals surface area contributed by atoms with Crippen LogP contribution in [0.4, 0.5) is 17.3 Å². The highest BCUT2D eigenvalue weighted by atomic mass is 32.2. The third-order valence-electron chi connectivity index (χ3n) is 6.58. The minimum absolute atomic E-state index is 0.0469. The molecule has 6 rings (SSSR count). The molecule has 1 saturated carbocycles. The number of anilines is 3. The van der Waals surface area contributed by atoms with Crippen LogP contribution in [-0.4, -0.2) is 67.0 Å². The minimum atomic E-state index is -0.0469. The lowest BCUT2D eigenvalue weighted by molar-refractivity contribution is -0.117. The highest BCUT2D eigenvalue weighted by molar-refractivity contribution is 7.99. The van der Waals surface area contributed by atoms with Gasteiger partial charge in [0.1, 0.15) is 5.52 Å². The molecule has 4 aromatic rings. The molecule has 1 aliphatic carbocycles. The number of amides is 1. The molecule has 186 valence electrons. The standard InChI is InChI=1S/C25H28N8O2S/c34-15-16-9-11-32(13-16)14-23(35)26-18-5-7-19(8-6-18)36-25-28-24(21-2-1-10-33(21)31-25)27-22-12-20(29-30-22)17-3-4-17/h1-2,5-8,10,12,16-17,34H,3-4,9,11,13-15H2,(H,26,35)(H2,27,28,29,30,31)/t16-/m0/s1. The first-order valence-corrected chi connectivity index (χ1v) is 13.0. The highest BCUT2D eigenvalue weighted by Gasteiger charge is 2.26. The number of benzene rings is 1. The zero-order chi connectivity index (χ0) is 24.5. The number of aromatic nitrogens is 5. The molecule has 1 atom stereocenters. The molecular weight excluding hydrogens is 476 g/mol. The molecule has 11 heteroatoms. The van der Waals surface area contributed by atoms with Gasteiger partial charge in [0.2, 0.25) is 11.1 Å². The lowest BCUT2D eigenvalue weighted by atomic mass is 10.1. The second-order valence-electron chi connectivity index (χ2n) is 9.44. The van der Waals surface area contributed by atoms with Crippen LogP contribution in [0, 0.1) is 5.92 Å². The molecule has 1 aromatic carbocycles. The van der Waals surface area contributed by atoms with Crippen molar-refractivity contribution in [2.75, 3.05) is 36.9 Å². The first-order valence-electron chi connectivity index (χ1n) is 12.2. The Labute approximate surface area is 212 Å². The quantitative estimate of drug-likeness (QED) is 0.273. The van der Waals surface area contributed by atoms with Crippen LogP contribution in [0.3, 0.4) is 0 Å². The van der Waals surface area contributed by atoms with Crippen LogP contribution in [0.25, 0.3) is 5.52 Å². The van der Waals surface area contributed by atoms with Crippen molar-refractivity contribution >= 4 is 40.5 Å². The van der Waals surface area contributed by atoms with E-state index in [0.717, 1.165) is 47.1 Å². The Balaban J connectivity index is 1.11. The molecule has 0 spiro atoms. The van der Waals surface area contributed by atoms with Gasteiger partial charge < -0.3 is 15.7 Å². The number of likely N-dealkylation sites (tertiary alicyclic amines) is 1. The summed E-state index contributed by atoms with van der Waals surface area (Å²) < 4.78 is 1.81. The number of hydrogen-bond donors (Lipinski definition) is 4. The number of fused-ring (bicyclic) bond motifs is 1. The van der Waals surface area contributed by atoms with Crippen molar-refractivity contribution < 1.29 is 9.90 Å². The van der Waals surface area contributed by atoms with Gasteiger partial charge in [-0.2, -0.15) is 5.10 Å². The van der Waals surface area contributed by atoms with Crippen molar-refractivity contribution in [3.63, 3.8) is 0 Å². The Morgan fingerprint density at radius 1 is 1.19 bits per heavy atom. The summed E-state index contributed by atoms with van der Waals surface area (Å²) in [6, 6.07) is 13.6. The molecule has 2 aliphatic rings. The van der Waals surface area contributed by atoms with Gasteiger partial charge in [-0.15, -0.1) is 5.10 Å². The van der Waals surface area contributed by atoms with Crippen LogP contribution in [-0.2, 0) is 4.79 Å². The van der Waals surface area contributed by atoms with E-state index in [1.807, 2.05) is 48.7 Å². The van der Waals surface area contributed by atoms with Crippen LogP contribution in [0.5, 0.6) is 0 Å². The van der Waals surface area contributed by atoms with E-state index in [-0.39, 0.29) is 18.4 Å². The molecule has 36 heavy (non-hydrogen) atoms. The van der Waals surface area contributed by atoms with E-state index in [1.54, 1.807) is 4.52 Å². The van der Waals surface area contributed by atoms with E-state index >= 15 is 0 Å². The van der Waals surface area contributed by atoms with E-state index in [4.69, 9.17) is 4.98 Å². The predicted octanol–water partition coefficient (Wildman–Crippen LogP) is 3.48. The van der Waals surface area contributed by atoms with Crippen LogP contribution in [0.2, 0.25) is 0 Å². The van der Waals surface area contributed by atoms with Crippen molar-refractivity contribution in [2.45, 2.75) is 35.2 Å². The number of nitrogens with zero attached hydrogens (tertiary/aromatic N) is 5. The zero-order valence-electron chi connectivity index (χ0n) is 19.7. The van der Waals surface area contributed by atoms with E-state index < -0.39 is 0 Å². The van der Waals surface area contributed by atoms with Crippen molar-refractivity contribution in [1.29, 1.82) is 0 Å². The van der Waals surface area contributed by atoms with Crippen LogP contribution >= 0.6 is 11.8 Å². The summed E-state index contributed by atoms with van der Waals surface area (Å²) in [4.78, 5) is 20.2. The maximum absolute atomic E-state index is 12.4. The molecule has 1 saturated heterocycles. The summed E-state index contributed by atoms with van der Waals surface area (Å²) in [5, 5.41) is 28.3. The Bertz CT molecular complexity index is 1360. The van der Waals surface area contributed by atoms with Crippen LogP contribution < -0.4 is 10.6 Å². The Hall–Kier alpha value is -3.41. The average molecular weight is 505 g/mol. The first-order chi connectivity index (χ1) is 17.6. The molecule has 4 heterocycles. The van der Waals surface area contributed by atoms with E-state index in [0.29, 0.717) is 23.4 Å². The summed E-state index contributed by atoms with van der Waals surface area (Å²) >= 11 is 1.45. The van der Waals surface area contributed by atoms with Gasteiger partial charge in [0.25, 0.3) is 0 Å². The number of carbonyl (C=O) groups excluding carboxylic acids is 1. The van der Waals surface area contributed by atoms with Gasteiger partial charge in [-0.1, -0.05) is 0 Å². The summed E-state index contributed by atoms with van der Waals surface area (Å²) in [5.41, 5.74) is 2.78. The molecule has 1 amide bonds. The summed E-state index contributed by atoms with van der Waals surface area (Å²) in [6.07, 6.45) is 5.26. The number of aliphatic hydroxyl groups excluding tert-OH is 1. The van der Waals surface area contributed by atoms with Gasteiger partial charge in [0.05, 0.1) is 6.54 Å². The maximum atomic E-state index is 12.4. The molecule has 10 nitrogen and oxygen atoms in total. The summed E-state index contributed by atoms with van der Waals surface area (Å²) in [5.74, 6) is 2.27. The number of aliphatic hydroxyl groups is 1. The average Bonchev–Trinajstić information content (AvgIpc) is 3.23. The largest absolute Gasteiger partial charge is 0.396 e. The van der Waals surface area contributed by atoms with Crippen molar-refractivity contribution in [2.24, 2.45) is 5.92 Å². The Kier molecular flexibility index (Phi) is 6.34. The molecule has 0 bridgehead atoms. The molecule has 0 unspecified atom stereocenters. The van der Waals surface area contributed by atoms with Gasteiger partial charge in [0, 0.05) is 47.6 Å². The number of nitrogens with one attached hydrogen (secondary N) is 3. The SMILES string of the molecule is O=C(CN1CC[C@H](CO)C1)Nc1ccc(Sc2nc(Nc3cc(C4CC4)[nH]n3)c3cccn3n2)cc1. The van der Waals surface area contributed by atoms with Gasteiger partial charge >= 0.3 is 0 Å². The topological polar surface area (TPSA) is 123 Å². The van der Waals surface area contributed by atoms with Gasteiger partial charge in [0.15, 0.2) is 11.6 Å². The maximum Gasteiger partial charge on any atom is 0.238 e. The molecule has 0 radical (unpaired) electrons. The Morgan fingerprint density at radius 2 is 2.06 bits per heavy atom. The van der Waals surface area contributed by atoms with E-state index in [2.05, 4.69) is 30.8 Å². The fourth-order valence-corrected chi connectivity index (χ4v) is 5.24. The normalized spacial score (nSPS) is 18.1. The highest BCUT2D eigenvalue weighted by Crippen LogP contribution is 2.39. The number of aromatic amines is 1. The summed E-state index contributed by atoms with van der Waals surface area (Å²) in [7, 11) is 0. The van der Waals surface area contributed by atoms with E-state index in [9.17, 15) is 9.90 Å². The van der Waals surface area contributed by atoms with E-state index in [1.165, 1.54) is 24.6 Å².